The number of amides is 1. The zero-order valence-electron chi connectivity index (χ0n) is 12.5. The fraction of sp³-hybridized carbons (Fsp3) is 0. The molecule has 1 N–H and O–H groups in total. The lowest BCUT2D eigenvalue weighted by atomic mass is 10.1. The molecular formula is C18H13ClFN3O. The van der Waals surface area contributed by atoms with Crippen LogP contribution < -0.4 is 5.43 Å². The number of nitrogens with one attached hydrogen (secondary N) is 1. The van der Waals surface area contributed by atoms with Gasteiger partial charge >= 0.3 is 0 Å². The molecule has 0 bridgehead atoms. The number of carbonyl (C=O) groups excluding carboxylic acids is 1. The molecule has 1 aromatic heterocycles. The summed E-state index contributed by atoms with van der Waals surface area (Å²) in [6.45, 7) is 0. The Labute approximate surface area is 143 Å². The summed E-state index contributed by atoms with van der Waals surface area (Å²) in [5.74, 6) is -0.782. The van der Waals surface area contributed by atoms with Crippen LogP contribution in [0.2, 0.25) is 5.02 Å². The minimum atomic E-state index is -0.429. The molecule has 0 atom stereocenters. The lowest BCUT2D eigenvalue weighted by Gasteiger charge is -2.09. The summed E-state index contributed by atoms with van der Waals surface area (Å²) >= 11 is 5.91. The monoisotopic (exact) mass is 341 g/mol. The Bertz CT molecular complexity index is 891. The van der Waals surface area contributed by atoms with Crippen molar-refractivity contribution in [3.8, 4) is 5.69 Å². The number of rotatable bonds is 4. The summed E-state index contributed by atoms with van der Waals surface area (Å²) in [7, 11) is 0. The Balaban J connectivity index is 1.78. The van der Waals surface area contributed by atoms with E-state index in [1.165, 1.54) is 24.4 Å². The molecule has 0 saturated carbocycles. The van der Waals surface area contributed by atoms with Crippen LogP contribution in [0.25, 0.3) is 5.69 Å². The molecule has 2 aromatic carbocycles. The van der Waals surface area contributed by atoms with Crippen LogP contribution in [-0.2, 0) is 0 Å². The van der Waals surface area contributed by atoms with Crippen molar-refractivity contribution in [2.45, 2.75) is 0 Å². The highest BCUT2D eigenvalue weighted by Crippen LogP contribution is 2.16. The molecule has 4 nitrogen and oxygen atoms in total. The molecule has 0 aliphatic carbocycles. The summed E-state index contributed by atoms with van der Waals surface area (Å²) in [5.41, 5.74) is 4.20. The topological polar surface area (TPSA) is 46.4 Å². The molecule has 0 aliphatic heterocycles. The van der Waals surface area contributed by atoms with E-state index in [0.717, 1.165) is 5.69 Å². The van der Waals surface area contributed by atoms with Crippen molar-refractivity contribution in [1.82, 2.24) is 9.99 Å². The SMILES string of the molecule is O=C(N/N=C\c1ccc(F)cc1Cl)c1ccccc1-n1cccc1. The van der Waals surface area contributed by atoms with Gasteiger partial charge < -0.3 is 4.57 Å². The quantitative estimate of drug-likeness (QED) is 0.565. The predicted octanol–water partition coefficient (Wildman–Crippen LogP) is 4.03. The van der Waals surface area contributed by atoms with Crippen molar-refractivity contribution in [2.75, 3.05) is 0 Å². The maximum atomic E-state index is 13.0. The van der Waals surface area contributed by atoms with Gasteiger partial charge in [0, 0.05) is 18.0 Å². The second-order valence-electron chi connectivity index (χ2n) is 4.97. The van der Waals surface area contributed by atoms with Crippen LogP contribution in [0.5, 0.6) is 0 Å². The van der Waals surface area contributed by atoms with E-state index < -0.39 is 5.82 Å². The van der Waals surface area contributed by atoms with Gasteiger partial charge in [-0.05, 0) is 42.5 Å². The molecule has 1 amide bonds. The summed E-state index contributed by atoms with van der Waals surface area (Å²) in [6.07, 6.45) is 5.08. The van der Waals surface area contributed by atoms with Crippen LogP contribution in [0.1, 0.15) is 15.9 Å². The average molecular weight is 342 g/mol. The molecule has 0 unspecified atom stereocenters. The Morgan fingerprint density at radius 3 is 2.62 bits per heavy atom. The van der Waals surface area contributed by atoms with Gasteiger partial charge in [-0.2, -0.15) is 5.10 Å². The zero-order chi connectivity index (χ0) is 16.9. The summed E-state index contributed by atoms with van der Waals surface area (Å²) < 4.78 is 14.8. The number of benzene rings is 2. The van der Waals surface area contributed by atoms with Crippen LogP contribution in [0.3, 0.4) is 0 Å². The van der Waals surface area contributed by atoms with Crippen molar-refractivity contribution < 1.29 is 9.18 Å². The highest BCUT2D eigenvalue weighted by atomic mass is 35.5. The summed E-state index contributed by atoms with van der Waals surface area (Å²) in [4.78, 5) is 12.4. The molecule has 1 heterocycles. The summed E-state index contributed by atoms with van der Waals surface area (Å²) in [6, 6.07) is 14.9. The van der Waals surface area contributed by atoms with Crippen LogP contribution in [0.4, 0.5) is 4.39 Å². The van der Waals surface area contributed by atoms with Crippen molar-refractivity contribution in [3.05, 3.63) is 89.0 Å². The number of carbonyl (C=O) groups is 1. The molecule has 0 aliphatic rings. The first-order chi connectivity index (χ1) is 11.6. The number of nitrogens with zero attached hydrogens (tertiary/aromatic N) is 2. The number of hydrazone groups is 1. The minimum Gasteiger partial charge on any atom is -0.323 e. The van der Waals surface area contributed by atoms with Gasteiger partial charge in [0.15, 0.2) is 0 Å². The average Bonchev–Trinajstić information content (AvgIpc) is 3.11. The molecular weight excluding hydrogens is 329 g/mol. The third-order valence-electron chi connectivity index (χ3n) is 3.36. The van der Waals surface area contributed by atoms with Gasteiger partial charge in [0.2, 0.25) is 0 Å². The standard InChI is InChI=1S/C18H13ClFN3O/c19-16-11-14(20)8-7-13(16)12-21-22-18(24)15-5-1-2-6-17(15)23-9-3-4-10-23/h1-12H,(H,22,24)/b21-12-. The fourth-order valence-corrected chi connectivity index (χ4v) is 2.43. The highest BCUT2D eigenvalue weighted by Gasteiger charge is 2.11. The fourth-order valence-electron chi connectivity index (χ4n) is 2.21. The predicted molar refractivity (Wildman–Crippen MR) is 92.2 cm³/mol. The molecule has 0 fully saturated rings. The van der Waals surface area contributed by atoms with E-state index in [-0.39, 0.29) is 10.9 Å². The van der Waals surface area contributed by atoms with E-state index in [9.17, 15) is 9.18 Å². The Morgan fingerprint density at radius 1 is 1.12 bits per heavy atom. The number of hydrogen-bond donors (Lipinski definition) is 1. The number of hydrogen-bond acceptors (Lipinski definition) is 2. The van der Waals surface area contributed by atoms with Crippen molar-refractivity contribution in [2.24, 2.45) is 5.10 Å². The van der Waals surface area contributed by atoms with Gasteiger partial charge in [-0.1, -0.05) is 23.7 Å². The van der Waals surface area contributed by atoms with Gasteiger partial charge in [0.1, 0.15) is 5.82 Å². The van der Waals surface area contributed by atoms with Gasteiger partial charge in [0.05, 0.1) is 22.5 Å². The lowest BCUT2D eigenvalue weighted by Crippen LogP contribution is -2.19. The number of aromatic nitrogens is 1. The number of para-hydroxylation sites is 1. The first-order valence-corrected chi connectivity index (χ1v) is 7.54. The molecule has 0 spiro atoms. The second-order valence-corrected chi connectivity index (χ2v) is 5.38. The van der Waals surface area contributed by atoms with E-state index >= 15 is 0 Å². The van der Waals surface area contributed by atoms with E-state index in [2.05, 4.69) is 10.5 Å². The maximum Gasteiger partial charge on any atom is 0.273 e. The van der Waals surface area contributed by atoms with E-state index in [4.69, 9.17) is 11.6 Å². The third-order valence-corrected chi connectivity index (χ3v) is 3.69. The van der Waals surface area contributed by atoms with Gasteiger partial charge in [-0.15, -0.1) is 0 Å². The third kappa shape index (κ3) is 3.52. The number of halogens is 2. The molecule has 120 valence electrons. The lowest BCUT2D eigenvalue weighted by molar-refractivity contribution is 0.0955. The first kappa shape index (κ1) is 16.0. The zero-order valence-corrected chi connectivity index (χ0v) is 13.2. The van der Waals surface area contributed by atoms with Crippen LogP contribution in [0.15, 0.2) is 72.1 Å². The Hall–Kier alpha value is -2.92. The molecule has 0 radical (unpaired) electrons. The van der Waals surface area contributed by atoms with Gasteiger partial charge in [-0.25, -0.2) is 9.82 Å². The van der Waals surface area contributed by atoms with E-state index in [1.807, 2.05) is 41.2 Å². The molecule has 3 aromatic rings. The van der Waals surface area contributed by atoms with Crippen molar-refractivity contribution >= 4 is 23.7 Å². The molecule has 0 saturated heterocycles. The Kier molecular flexibility index (Phi) is 4.72. The van der Waals surface area contributed by atoms with Crippen LogP contribution in [-0.4, -0.2) is 16.7 Å². The maximum absolute atomic E-state index is 13.0. The summed E-state index contributed by atoms with van der Waals surface area (Å²) in [5, 5.41) is 4.11. The van der Waals surface area contributed by atoms with E-state index in [0.29, 0.717) is 11.1 Å². The highest BCUT2D eigenvalue weighted by molar-refractivity contribution is 6.33. The second kappa shape index (κ2) is 7.10. The first-order valence-electron chi connectivity index (χ1n) is 7.16. The molecule has 24 heavy (non-hydrogen) atoms. The van der Waals surface area contributed by atoms with E-state index in [1.54, 1.807) is 12.1 Å². The Morgan fingerprint density at radius 2 is 1.88 bits per heavy atom. The molecule has 3 rings (SSSR count). The normalized spacial score (nSPS) is 10.9. The minimum absolute atomic E-state index is 0.223. The van der Waals surface area contributed by atoms with Crippen molar-refractivity contribution in [3.63, 3.8) is 0 Å². The van der Waals surface area contributed by atoms with Gasteiger partial charge in [-0.3, -0.25) is 4.79 Å². The largest absolute Gasteiger partial charge is 0.323 e. The van der Waals surface area contributed by atoms with Crippen LogP contribution in [0, 0.1) is 5.82 Å². The molecule has 6 heteroatoms. The van der Waals surface area contributed by atoms with Gasteiger partial charge in [0.25, 0.3) is 5.91 Å². The van der Waals surface area contributed by atoms with Crippen LogP contribution >= 0.6 is 11.6 Å². The van der Waals surface area contributed by atoms with Crippen molar-refractivity contribution in [1.29, 1.82) is 0 Å². The smallest absolute Gasteiger partial charge is 0.273 e.